The zero-order valence-corrected chi connectivity index (χ0v) is 7.12. The Balaban J connectivity index is 3.04. The lowest BCUT2D eigenvalue weighted by Crippen LogP contribution is -2.06. The van der Waals surface area contributed by atoms with Gasteiger partial charge < -0.3 is 5.11 Å². The van der Waals surface area contributed by atoms with Gasteiger partial charge in [-0.2, -0.15) is 0 Å². The maximum atomic E-state index is 8.90. The lowest BCUT2D eigenvalue weighted by atomic mass is 10.2. The number of nitrogens with zero attached hydrogens (tertiary/aromatic N) is 5. The predicted octanol–water partition coefficient (Wildman–Crippen LogP) is 1.13. The molecule has 6 nitrogen and oxygen atoms in total. The molecule has 0 amide bonds. The molecular weight excluding hydrogens is 170 g/mol. The topological polar surface area (TPSA) is 94.8 Å². The summed E-state index contributed by atoms with van der Waals surface area (Å²) in [5.41, 5.74) is 9.40. The maximum absolute atomic E-state index is 8.90. The molecule has 1 heterocycles. The monoisotopic (exact) mass is 179 g/mol. The molecule has 0 bridgehead atoms. The molecule has 1 rings (SSSR count). The molecule has 0 saturated carbocycles. The molecule has 0 aliphatic rings. The van der Waals surface area contributed by atoms with E-state index in [0.717, 1.165) is 0 Å². The van der Waals surface area contributed by atoms with Crippen molar-refractivity contribution >= 4 is 0 Å². The van der Waals surface area contributed by atoms with Gasteiger partial charge in [-0.05, 0) is 12.5 Å². The maximum Gasteiger partial charge on any atom is 0.105 e. The average molecular weight is 179 g/mol. The number of aliphatic hydroxyl groups excluding tert-OH is 1. The van der Waals surface area contributed by atoms with Crippen molar-refractivity contribution in [2.75, 3.05) is 6.61 Å². The minimum Gasteiger partial charge on any atom is -0.396 e. The van der Waals surface area contributed by atoms with Crippen molar-refractivity contribution in [3.8, 4) is 0 Å². The van der Waals surface area contributed by atoms with Crippen LogP contribution in [0.1, 0.15) is 17.4 Å². The first-order chi connectivity index (χ1) is 6.29. The molecule has 0 aromatic carbocycles. The molecule has 13 heavy (non-hydrogen) atoms. The van der Waals surface area contributed by atoms with Crippen LogP contribution >= 0.6 is 0 Å². The van der Waals surface area contributed by atoms with Crippen molar-refractivity contribution < 1.29 is 5.11 Å². The summed E-state index contributed by atoms with van der Waals surface area (Å²) in [6, 6.07) is -0.640. The molecule has 0 saturated heterocycles. The highest BCUT2D eigenvalue weighted by Crippen LogP contribution is 2.16. The largest absolute Gasteiger partial charge is 0.396 e. The predicted molar refractivity (Wildman–Crippen MR) is 45.7 cm³/mol. The third kappa shape index (κ3) is 2.14. The quantitative estimate of drug-likeness (QED) is 0.428. The molecule has 68 valence electrons. The van der Waals surface area contributed by atoms with E-state index in [4.69, 9.17) is 10.6 Å². The van der Waals surface area contributed by atoms with E-state index in [9.17, 15) is 0 Å². The summed E-state index contributed by atoms with van der Waals surface area (Å²) in [7, 11) is 0. The van der Waals surface area contributed by atoms with E-state index in [-0.39, 0.29) is 6.61 Å². The van der Waals surface area contributed by atoms with Gasteiger partial charge >= 0.3 is 0 Å². The van der Waals surface area contributed by atoms with Crippen LogP contribution in [0.2, 0.25) is 0 Å². The second-order valence-corrected chi connectivity index (χ2v) is 2.43. The summed E-state index contributed by atoms with van der Waals surface area (Å²) in [5.74, 6) is 0. The second kappa shape index (κ2) is 4.39. The highest BCUT2D eigenvalue weighted by molar-refractivity contribution is 5.13. The first kappa shape index (κ1) is 9.44. The first-order valence-corrected chi connectivity index (χ1v) is 3.72. The smallest absolute Gasteiger partial charge is 0.105 e. The fourth-order valence-corrected chi connectivity index (χ4v) is 0.985. The lowest BCUT2D eigenvalue weighted by molar-refractivity contribution is 0.265. The van der Waals surface area contributed by atoms with Crippen LogP contribution in [0.4, 0.5) is 0 Å². The van der Waals surface area contributed by atoms with Crippen LogP contribution in [-0.2, 0) is 0 Å². The Morgan fingerprint density at radius 1 is 1.62 bits per heavy atom. The molecule has 1 aromatic rings. The van der Waals surface area contributed by atoms with E-state index in [1.54, 1.807) is 13.1 Å². The van der Waals surface area contributed by atoms with Crippen molar-refractivity contribution in [2.24, 2.45) is 5.11 Å². The Bertz CT molecular complexity index is 333. The van der Waals surface area contributed by atoms with Gasteiger partial charge in [-0.25, -0.2) is 0 Å². The van der Waals surface area contributed by atoms with E-state index >= 15 is 0 Å². The van der Waals surface area contributed by atoms with Gasteiger partial charge in [0.05, 0.1) is 18.0 Å². The summed E-state index contributed by atoms with van der Waals surface area (Å²) in [6.07, 6.45) is 3.04. The molecule has 0 fully saturated rings. The van der Waals surface area contributed by atoms with Crippen molar-refractivity contribution in [1.29, 1.82) is 0 Å². The van der Waals surface area contributed by atoms with Crippen LogP contribution in [0, 0.1) is 6.92 Å². The van der Waals surface area contributed by atoms with Gasteiger partial charge in [0.15, 0.2) is 0 Å². The molecule has 0 spiro atoms. The number of aliphatic hydroxyl groups is 1. The first-order valence-electron chi connectivity index (χ1n) is 3.72. The van der Waals surface area contributed by atoms with Crippen LogP contribution in [0.5, 0.6) is 0 Å². The molecule has 1 N–H and O–H groups in total. The van der Waals surface area contributed by atoms with Crippen LogP contribution in [0.3, 0.4) is 0 Å². The second-order valence-electron chi connectivity index (χ2n) is 2.43. The highest BCUT2D eigenvalue weighted by Gasteiger charge is 2.12. The summed E-state index contributed by atoms with van der Waals surface area (Å²) < 4.78 is 0. The van der Waals surface area contributed by atoms with E-state index < -0.39 is 6.04 Å². The molecule has 6 heteroatoms. The number of rotatable bonds is 3. The van der Waals surface area contributed by atoms with Crippen LogP contribution in [-0.4, -0.2) is 21.7 Å². The van der Waals surface area contributed by atoms with E-state index in [2.05, 4.69) is 20.0 Å². The normalized spacial score (nSPS) is 11.8. The number of azide groups is 1. The van der Waals surface area contributed by atoms with Gasteiger partial charge in [-0.3, -0.25) is 9.97 Å². The zero-order valence-electron chi connectivity index (χ0n) is 7.12. The number of hydrogen-bond acceptors (Lipinski definition) is 4. The van der Waals surface area contributed by atoms with E-state index in [0.29, 0.717) is 11.4 Å². The average Bonchev–Trinajstić information content (AvgIpc) is 2.16. The van der Waals surface area contributed by atoms with E-state index in [1.807, 2.05) is 0 Å². The summed E-state index contributed by atoms with van der Waals surface area (Å²) in [5, 5.41) is 12.3. The Morgan fingerprint density at radius 3 is 2.85 bits per heavy atom. The molecule has 0 aliphatic heterocycles. The van der Waals surface area contributed by atoms with Gasteiger partial charge in [-0.15, -0.1) is 0 Å². The number of aryl methyl sites for hydroxylation is 1. The summed E-state index contributed by atoms with van der Waals surface area (Å²) >= 11 is 0. The number of aromatic nitrogens is 2. The number of hydrogen-bond donors (Lipinski definition) is 1. The van der Waals surface area contributed by atoms with Crippen molar-refractivity contribution in [3.63, 3.8) is 0 Å². The highest BCUT2D eigenvalue weighted by atomic mass is 16.3. The SMILES string of the molecule is Cc1nccnc1C(CO)N=[N+]=[N-]. The molecule has 1 aromatic heterocycles. The Morgan fingerprint density at radius 2 is 2.31 bits per heavy atom. The van der Waals surface area contributed by atoms with Gasteiger partial charge in [-0.1, -0.05) is 5.11 Å². The Kier molecular flexibility index (Phi) is 3.19. The van der Waals surface area contributed by atoms with Crippen LogP contribution < -0.4 is 0 Å². The Hall–Kier alpha value is -1.65. The summed E-state index contributed by atoms with van der Waals surface area (Å²) in [4.78, 5) is 10.6. The van der Waals surface area contributed by atoms with E-state index in [1.165, 1.54) is 6.20 Å². The van der Waals surface area contributed by atoms with Gasteiger partial charge in [0.2, 0.25) is 0 Å². The van der Waals surface area contributed by atoms with Crippen molar-refractivity contribution in [3.05, 3.63) is 34.2 Å². The summed E-state index contributed by atoms with van der Waals surface area (Å²) in [6.45, 7) is 1.49. The third-order valence-corrected chi connectivity index (χ3v) is 1.60. The van der Waals surface area contributed by atoms with Crippen LogP contribution in [0.15, 0.2) is 17.5 Å². The molecule has 0 aliphatic carbocycles. The Labute approximate surface area is 74.9 Å². The van der Waals surface area contributed by atoms with Crippen molar-refractivity contribution in [1.82, 2.24) is 9.97 Å². The minimum absolute atomic E-state index is 0.260. The molecule has 1 unspecified atom stereocenters. The van der Waals surface area contributed by atoms with Gasteiger partial charge in [0, 0.05) is 17.3 Å². The zero-order chi connectivity index (χ0) is 9.68. The van der Waals surface area contributed by atoms with Crippen molar-refractivity contribution in [2.45, 2.75) is 13.0 Å². The van der Waals surface area contributed by atoms with Gasteiger partial charge in [0.1, 0.15) is 6.04 Å². The lowest BCUT2D eigenvalue weighted by Gasteiger charge is -2.07. The minimum atomic E-state index is -0.640. The molecular formula is C7H9N5O. The fraction of sp³-hybridized carbons (Fsp3) is 0.429. The molecule has 1 atom stereocenters. The third-order valence-electron chi connectivity index (χ3n) is 1.60. The fourth-order valence-electron chi connectivity index (χ4n) is 0.985. The van der Waals surface area contributed by atoms with Gasteiger partial charge in [0.25, 0.3) is 0 Å². The molecule has 0 radical (unpaired) electrons. The van der Waals surface area contributed by atoms with Crippen LogP contribution in [0.25, 0.3) is 10.4 Å². The standard InChI is InChI=1S/C7H9N5O/c1-5-7(10-3-2-9-5)6(4-13)11-12-8/h2-3,6,13H,4H2,1H3.